The molecule has 3 N–H and O–H groups in total. The molecule has 0 atom stereocenters. The van der Waals surface area contributed by atoms with Crippen LogP contribution in [0.25, 0.3) is 11.5 Å². The fraction of sp³-hybridized carbons (Fsp3) is 0.150. The quantitative estimate of drug-likeness (QED) is 0.392. The lowest BCUT2D eigenvalue weighted by Gasteiger charge is -2.07. The van der Waals surface area contributed by atoms with E-state index in [1.807, 2.05) is 0 Å². The molecule has 3 aromatic heterocycles. The molecule has 0 aliphatic heterocycles. The predicted molar refractivity (Wildman–Crippen MR) is 119 cm³/mol. The van der Waals surface area contributed by atoms with E-state index in [2.05, 4.69) is 25.5 Å². The highest BCUT2D eigenvalue weighted by Crippen LogP contribution is 2.31. The summed E-state index contributed by atoms with van der Waals surface area (Å²) in [6, 6.07) is 7.89. The Morgan fingerprint density at radius 3 is 2.41 bits per heavy atom. The van der Waals surface area contributed by atoms with Gasteiger partial charge in [-0.05, 0) is 24.3 Å². The number of nitrogens with one attached hydrogen (secondary N) is 1. The van der Waals surface area contributed by atoms with E-state index in [0.717, 1.165) is 4.68 Å². The summed E-state index contributed by atoms with van der Waals surface area (Å²) in [5, 5.41) is 11.3. The van der Waals surface area contributed by atoms with Gasteiger partial charge in [-0.25, -0.2) is 14.6 Å². The third-order valence-corrected chi connectivity index (χ3v) is 5.21. The number of aromatic nitrogens is 6. The maximum absolute atomic E-state index is 13.0. The molecule has 0 radical (unpaired) electrons. The molecular weight excluding hydrogens is 496 g/mol. The van der Waals surface area contributed by atoms with Crippen molar-refractivity contribution < 1.29 is 18.0 Å². The molecule has 0 bridgehead atoms. The Morgan fingerprint density at radius 1 is 1.15 bits per heavy atom. The Hall–Kier alpha value is -3.64. The smallest absolute Gasteiger partial charge is 0.364 e. The zero-order chi connectivity index (χ0) is 24.6. The standard InChI is InChI=1S/C20H15Cl2F3N8O/c1-2-14-29-19(20(23,24)25)31-33(14)15-7-6-10(8-27-15)28-13-9-32(30-16(13)18(26)34)17-11(21)4-3-5-12(17)22/h3-9,28H,2H2,1H3,(H2,26,34). The highest BCUT2D eigenvalue weighted by atomic mass is 35.5. The molecule has 9 nitrogen and oxygen atoms in total. The molecule has 0 fully saturated rings. The van der Waals surface area contributed by atoms with Crippen LogP contribution in [0.5, 0.6) is 0 Å². The fourth-order valence-electron chi connectivity index (χ4n) is 3.09. The van der Waals surface area contributed by atoms with Crippen LogP contribution in [-0.2, 0) is 12.6 Å². The number of para-hydroxylation sites is 1. The lowest BCUT2D eigenvalue weighted by Crippen LogP contribution is -2.14. The molecular formula is C20H15Cl2F3N8O. The summed E-state index contributed by atoms with van der Waals surface area (Å²) in [5.74, 6) is -1.80. The summed E-state index contributed by atoms with van der Waals surface area (Å²) in [7, 11) is 0. The molecule has 4 rings (SSSR count). The van der Waals surface area contributed by atoms with E-state index in [9.17, 15) is 18.0 Å². The van der Waals surface area contributed by atoms with Crippen molar-refractivity contribution in [1.29, 1.82) is 0 Å². The van der Waals surface area contributed by atoms with Gasteiger partial charge in [0.1, 0.15) is 11.5 Å². The second kappa shape index (κ2) is 8.95. The molecule has 0 unspecified atom stereocenters. The van der Waals surface area contributed by atoms with Crippen molar-refractivity contribution in [2.24, 2.45) is 5.73 Å². The second-order valence-electron chi connectivity index (χ2n) is 6.92. The average molecular weight is 511 g/mol. The first-order valence-electron chi connectivity index (χ1n) is 9.69. The van der Waals surface area contributed by atoms with Gasteiger partial charge in [0.2, 0.25) is 0 Å². The van der Waals surface area contributed by atoms with Gasteiger partial charge in [0, 0.05) is 6.42 Å². The largest absolute Gasteiger partial charge is 0.453 e. The summed E-state index contributed by atoms with van der Waals surface area (Å²) in [6.45, 7) is 1.66. The molecule has 0 spiro atoms. The van der Waals surface area contributed by atoms with Crippen molar-refractivity contribution in [3.63, 3.8) is 0 Å². The SMILES string of the molecule is CCc1nc(C(F)(F)F)nn1-c1ccc(Nc2cn(-c3c(Cl)cccc3Cl)nc2C(N)=O)cn1. The van der Waals surface area contributed by atoms with Gasteiger partial charge in [0.25, 0.3) is 11.7 Å². The van der Waals surface area contributed by atoms with Crippen molar-refractivity contribution in [2.75, 3.05) is 5.32 Å². The molecule has 4 aromatic rings. The molecule has 1 aromatic carbocycles. The Labute approximate surface area is 200 Å². The van der Waals surface area contributed by atoms with Crippen LogP contribution in [0.2, 0.25) is 10.0 Å². The van der Waals surface area contributed by atoms with Crippen LogP contribution < -0.4 is 11.1 Å². The zero-order valence-corrected chi connectivity index (χ0v) is 18.8. The minimum Gasteiger partial charge on any atom is -0.364 e. The van der Waals surface area contributed by atoms with Crippen LogP contribution in [-0.4, -0.2) is 35.4 Å². The molecule has 0 saturated carbocycles. The number of halogens is 5. The first kappa shape index (κ1) is 23.5. The number of carbonyl (C=O) groups is 1. The van der Waals surface area contributed by atoms with Crippen LogP contribution in [0, 0.1) is 0 Å². The lowest BCUT2D eigenvalue weighted by atomic mass is 10.3. The van der Waals surface area contributed by atoms with Crippen molar-refractivity contribution >= 4 is 40.5 Å². The highest BCUT2D eigenvalue weighted by molar-refractivity contribution is 6.37. The summed E-state index contributed by atoms with van der Waals surface area (Å²) < 4.78 is 41.3. The molecule has 0 aliphatic carbocycles. The first-order chi connectivity index (χ1) is 16.1. The number of benzene rings is 1. The number of carbonyl (C=O) groups excluding carboxylic acids is 1. The molecule has 3 heterocycles. The number of alkyl halides is 3. The molecule has 34 heavy (non-hydrogen) atoms. The number of hydrogen-bond donors (Lipinski definition) is 2. The normalized spacial score (nSPS) is 11.6. The minimum absolute atomic E-state index is 0.0839. The number of anilines is 2. The van der Waals surface area contributed by atoms with Crippen LogP contribution in [0.15, 0.2) is 42.7 Å². The Kier molecular flexibility index (Phi) is 6.19. The van der Waals surface area contributed by atoms with Gasteiger partial charge in [-0.2, -0.15) is 23.0 Å². The summed E-state index contributed by atoms with van der Waals surface area (Å²) >= 11 is 12.4. The number of pyridine rings is 1. The molecule has 1 amide bonds. The maximum Gasteiger partial charge on any atom is 0.453 e. The van der Waals surface area contributed by atoms with E-state index in [4.69, 9.17) is 28.9 Å². The monoisotopic (exact) mass is 510 g/mol. The van der Waals surface area contributed by atoms with Crippen LogP contribution in [0.4, 0.5) is 24.5 Å². The number of nitrogens with two attached hydrogens (primary N) is 1. The Balaban J connectivity index is 1.65. The van der Waals surface area contributed by atoms with E-state index in [1.54, 1.807) is 31.2 Å². The number of aryl methyl sites for hydroxylation is 1. The van der Waals surface area contributed by atoms with Crippen molar-refractivity contribution in [1.82, 2.24) is 29.5 Å². The van der Waals surface area contributed by atoms with Gasteiger partial charge < -0.3 is 11.1 Å². The number of nitrogens with zero attached hydrogens (tertiary/aromatic N) is 6. The van der Waals surface area contributed by atoms with Crippen molar-refractivity contribution in [3.8, 4) is 11.5 Å². The van der Waals surface area contributed by atoms with E-state index in [-0.39, 0.29) is 29.4 Å². The molecule has 0 aliphatic rings. The molecule has 0 saturated heterocycles. The third kappa shape index (κ3) is 4.54. The summed E-state index contributed by atoms with van der Waals surface area (Å²) in [5.41, 5.74) is 6.38. The van der Waals surface area contributed by atoms with Crippen molar-refractivity contribution in [3.05, 3.63) is 70.1 Å². The zero-order valence-electron chi connectivity index (χ0n) is 17.3. The van der Waals surface area contributed by atoms with Crippen LogP contribution >= 0.6 is 23.2 Å². The van der Waals surface area contributed by atoms with Gasteiger partial charge >= 0.3 is 6.18 Å². The van der Waals surface area contributed by atoms with E-state index >= 15 is 0 Å². The summed E-state index contributed by atoms with van der Waals surface area (Å²) in [6.07, 6.45) is -1.62. The molecule has 176 valence electrons. The number of hydrogen-bond acceptors (Lipinski definition) is 6. The third-order valence-electron chi connectivity index (χ3n) is 4.60. The molecule has 14 heteroatoms. The number of amides is 1. The maximum atomic E-state index is 13.0. The first-order valence-corrected chi connectivity index (χ1v) is 10.4. The Morgan fingerprint density at radius 2 is 1.85 bits per heavy atom. The van der Waals surface area contributed by atoms with Crippen molar-refractivity contribution in [2.45, 2.75) is 19.5 Å². The summed E-state index contributed by atoms with van der Waals surface area (Å²) in [4.78, 5) is 19.6. The lowest BCUT2D eigenvalue weighted by molar-refractivity contribution is -0.144. The van der Waals surface area contributed by atoms with Gasteiger partial charge in [0.05, 0.1) is 33.8 Å². The van der Waals surface area contributed by atoms with Gasteiger partial charge in [0.15, 0.2) is 11.5 Å². The van der Waals surface area contributed by atoms with Gasteiger partial charge in [-0.1, -0.05) is 36.2 Å². The topological polar surface area (TPSA) is 117 Å². The Bertz CT molecular complexity index is 1350. The fourth-order valence-corrected chi connectivity index (χ4v) is 3.66. The predicted octanol–water partition coefficient (Wildman–Crippen LogP) is 4.58. The highest BCUT2D eigenvalue weighted by Gasteiger charge is 2.37. The van der Waals surface area contributed by atoms with E-state index < -0.39 is 17.9 Å². The number of primary amides is 1. The van der Waals surface area contributed by atoms with Gasteiger partial charge in [-0.3, -0.25) is 4.79 Å². The van der Waals surface area contributed by atoms with E-state index in [1.165, 1.54) is 23.1 Å². The minimum atomic E-state index is -4.67. The number of rotatable bonds is 6. The van der Waals surface area contributed by atoms with Crippen LogP contribution in [0.1, 0.15) is 29.1 Å². The average Bonchev–Trinajstić information content (AvgIpc) is 3.39. The van der Waals surface area contributed by atoms with E-state index in [0.29, 0.717) is 21.4 Å². The van der Waals surface area contributed by atoms with Gasteiger partial charge in [-0.15, -0.1) is 5.10 Å². The second-order valence-corrected chi connectivity index (χ2v) is 7.73. The van der Waals surface area contributed by atoms with Crippen LogP contribution in [0.3, 0.4) is 0 Å².